The number of halogens is 5. The maximum atomic E-state index is 13.2. The van der Waals surface area contributed by atoms with Crippen LogP contribution in [0.2, 0.25) is 10.0 Å². The molecule has 2 aromatic carbocycles. The molecule has 0 radical (unpaired) electrons. The molecule has 2 N–H and O–H groups in total. The van der Waals surface area contributed by atoms with Crippen LogP contribution in [-0.2, 0) is 19.8 Å². The molecule has 164 valence electrons. The molecule has 0 saturated heterocycles. The highest BCUT2D eigenvalue weighted by Gasteiger charge is 2.33. The molecule has 0 fully saturated rings. The minimum Gasteiger partial charge on any atom is -0.494 e. The van der Waals surface area contributed by atoms with E-state index in [0.29, 0.717) is 11.4 Å². The van der Waals surface area contributed by atoms with Crippen molar-refractivity contribution in [3.05, 3.63) is 69.3 Å². The Kier molecular flexibility index (Phi) is 6.66. The van der Waals surface area contributed by atoms with Gasteiger partial charge in [0.25, 0.3) is 5.91 Å². The first-order chi connectivity index (χ1) is 14.6. The molecule has 0 aliphatic heterocycles. The average molecular weight is 473 g/mol. The molecule has 31 heavy (non-hydrogen) atoms. The first kappa shape index (κ1) is 22.8. The Hall–Kier alpha value is -2.91. The number of carbonyl (C=O) groups is 1. The number of methoxy groups -OCH3 is 1. The number of hydrogen-bond acceptors (Lipinski definition) is 4. The van der Waals surface area contributed by atoms with Crippen LogP contribution in [0.1, 0.15) is 21.5 Å². The molecule has 3 aromatic rings. The summed E-state index contributed by atoms with van der Waals surface area (Å²) in [6.07, 6.45) is -3.07. The Bertz CT molecular complexity index is 1090. The fourth-order valence-corrected chi connectivity index (χ4v) is 3.57. The number of rotatable bonds is 6. The van der Waals surface area contributed by atoms with Crippen LogP contribution in [0, 0.1) is 0 Å². The fourth-order valence-electron chi connectivity index (χ4n) is 2.93. The van der Waals surface area contributed by atoms with Crippen molar-refractivity contribution in [2.75, 3.05) is 12.4 Å². The minimum absolute atomic E-state index is 0.0459. The summed E-state index contributed by atoms with van der Waals surface area (Å²) in [4.78, 5) is 12.7. The number of carbonyl (C=O) groups excluding carboxylic acids is 1. The molecule has 0 spiro atoms. The number of benzene rings is 2. The molecule has 3 rings (SSSR count). The van der Waals surface area contributed by atoms with Gasteiger partial charge < -0.3 is 15.4 Å². The smallest absolute Gasteiger partial charge is 0.416 e. The molecular weight excluding hydrogens is 456 g/mol. The van der Waals surface area contributed by atoms with Crippen molar-refractivity contribution < 1.29 is 22.7 Å². The van der Waals surface area contributed by atoms with Crippen LogP contribution in [0.5, 0.6) is 5.75 Å². The van der Waals surface area contributed by atoms with E-state index < -0.39 is 17.6 Å². The van der Waals surface area contributed by atoms with Crippen molar-refractivity contribution in [3.8, 4) is 5.75 Å². The zero-order valence-corrected chi connectivity index (χ0v) is 17.9. The molecule has 1 aromatic heterocycles. The quantitative estimate of drug-likeness (QED) is 0.501. The lowest BCUT2D eigenvalue weighted by Gasteiger charge is -2.13. The molecule has 1 heterocycles. The van der Waals surface area contributed by atoms with E-state index in [9.17, 15) is 18.0 Å². The average Bonchev–Trinajstić information content (AvgIpc) is 3.05. The SMILES string of the molecule is COc1c(Cl)cc(Nc2nn(C)cc2C(=O)NCc2ccccc2C(F)(F)F)cc1Cl. The summed E-state index contributed by atoms with van der Waals surface area (Å²) >= 11 is 12.3. The summed E-state index contributed by atoms with van der Waals surface area (Å²) in [7, 11) is 3.03. The second-order valence-corrected chi connectivity index (χ2v) is 7.32. The Labute approximate surface area is 185 Å². The van der Waals surface area contributed by atoms with Crippen molar-refractivity contribution >= 4 is 40.6 Å². The molecule has 0 bridgehead atoms. The molecular formula is C20H17Cl2F3N4O2. The summed E-state index contributed by atoms with van der Waals surface area (Å²) in [5.74, 6) is -0.115. The van der Waals surface area contributed by atoms with Gasteiger partial charge in [0.05, 0.1) is 22.7 Å². The van der Waals surface area contributed by atoms with Gasteiger partial charge in [-0.15, -0.1) is 0 Å². The predicted molar refractivity (Wildman–Crippen MR) is 112 cm³/mol. The predicted octanol–water partition coefficient (Wildman–Crippen LogP) is 5.43. The lowest BCUT2D eigenvalue weighted by atomic mass is 10.1. The Morgan fingerprint density at radius 1 is 1.19 bits per heavy atom. The molecule has 0 atom stereocenters. The van der Waals surface area contributed by atoms with E-state index >= 15 is 0 Å². The van der Waals surface area contributed by atoms with Crippen LogP contribution in [-0.4, -0.2) is 22.8 Å². The molecule has 0 aliphatic carbocycles. The molecule has 0 saturated carbocycles. The number of nitrogens with zero attached hydrogens (tertiary/aromatic N) is 2. The van der Waals surface area contributed by atoms with E-state index in [0.717, 1.165) is 6.07 Å². The van der Waals surface area contributed by atoms with Gasteiger partial charge in [-0.05, 0) is 23.8 Å². The number of nitrogens with one attached hydrogen (secondary N) is 2. The summed E-state index contributed by atoms with van der Waals surface area (Å²) < 4.78 is 46.0. The number of ether oxygens (including phenoxy) is 1. The minimum atomic E-state index is -4.52. The number of amides is 1. The highest BCUT2D eigenvalue weighted by molar-refractivity contribution is 6.37. The third-order valence-electron chi connectivity index (χ3n) is 4.30. The maximum Gasteiger partial charge on any atom is 0.416 e. The lowest BCUT2D eigenvalue weighted by Crippen LogP contribution is -2.24. The topological polar surface area (TPSA) is 68.2 Å². The van der Waals surface area contributed by atoms with Gasteiger partial charge in [0.2, 0.25) is 0 Å². The van der Waals surface area contributed by atoms with Gasteiger partial charge in [-0.25, -0.2) is 0 Å². The van der Waals surface area contributed by atoms with Crippen molar-refractivity contribution in [1.29, 1.82) is 0 Å². The number of hydrogen-bond donors (Lipinski definition) is 2. The zero-order valence-electron chi connectivity index (χ0n) is 16.3. The van der Waals surface area contributed by atoms with Gasteiger partial charge in [-0.2, -0.15) is 18.3 Å². The van der Waals surface area contributed by atoms with Gasteiger partial charge in [0, 0.05) is 25.5 Å². The van der Waals surface area contributed by atoms with Crippen LogP contribution in [0.15, 0.2) is 42.6 Å². The van der Waals surface area contributed by atoms with Crippen molar-refractivity contribution in [3.63, 3.8) is 0 Å². The van der Waals surface area contributed by atoms with E-state index in [1.165, 1.54) is 36.2 Å². The maximum absolute atomic E-state index is 13.2. The van der Waals surface area contributed by atoms with E-state index in [1.54, 1.807) is 19.2 Å². The van der Waals surface area contributed by atoms with E-state index in [1.807, 2.05) is 0 Å². The number of alkyl halides is 3. The molecule has 6 nitrogen and oxygen atoms in total. The van der Waals surface area contributed by atoms with Gasteiger partial charge in [-0.3, -0.25) is 9.48 Å². The first-order valence-electron chi connectivity index (χ1n) is 8.87. The third-order valence-corrected chi connectivity index (χ3v) is 4.86. The Balaban J connectivity index is 1.80. The lowest BCUT2D eigenvalue weighted by molar-refractivity contribution is -0.138. The molecule has 0 unspecified atom stereocenters. The first-order valence-corrected chi connectivity index (χ1v) is 9.62. The fraction of sp³-hybridized carbons (Fsp3) is 0.200. The number of aromatic nitrogens is 2. The van der Waals surface area contributed by atoms with E-state index in [4.69, 9.17) is 27.9 Å². The van der Waals surface area contributed by atoms with Gasteiger partial charge in [0.1, 0.15) is 5.56 Å². The standard InChI is InChI=1S/C20H17Cl2F3N4O2/c1-29-10-13(18(28-29)27-12-7-15(21)17(31-2)16(22)8-12)19(30)26-9-11-5-3-4-6-14(11)20(23,24)25/h3-8,10H,9H2,1-2H3,(H,26,30)(H,27,28). The Morgan fingerprint density at radius 2 is 1.84 bits per heavy atom. The van der Waals surface area contributed by atoms with Crippen molar-refractivity contribution in [1.82, 2.24) is 15.1 Å². The van der Waals surface area contributed by atoms with Gasteiger partial charge >= 0.3 is 6.18 Å². The Morgan fingerprint density at radius 3 is 2.45 bits per heavy atom. The largest absolute Gasteiger partial charge is 0.494 e. The second kappa shape index (κ2) is 9.07. The monoisotopic (exact) mass is 472 g/mol. The summed E-state index contributed by atoms with van der Waals surface area (Å²) in [6, 6.07) is 8.14. The molecule has 1 amide bonds. The molecule has 11 heteroatoms. The van der Waals surface area contributed by atoms with Crippen LogP contribution in [0.25, 0.3) is 0 Å². The van der Waals surface area contributed by atoms with Gasteiger partial charge in [-0.1, -0.05) is 41.4 Å². The van der Waals surface area contributed by atoms with Crippen molar-refractivity contribution in [2.24, 2.45) is 7.05 Å². The molecule has 0 aliphatic rings. The number of aryl methyl sites for hydroxylation is 1. The van der Waals surface area contributed by atoms with Crippen LogP contribution >= 0.6 is 23.2 Å². The van der Waals surface area contributed by atoms with Gasteiger partial charge in [0.15, 0.2) is 11.6 Å². The van der Waals surface area contributed by atoms with Crippen LogP contribution in [0.4, 0.5) is 24.7 Å². The van der Waals surface area contributed by atoms with Crippen LogP contribution in [0.3, 0.4) is 0 Å². The second-order valence-electron chi connectivity index (χ2n) is 6.50. The zero-order chi connectivity index (χ0) is 22.8. The highest BCUT2D eigenvalue weighted by atomic mass is 35.5. The van der Waals surface area contributed by atoms with Crippen LogP contribution < -0.4 is 15.4 Å². The third kappa shape index (κ3) is 5.23. The van der Waals surface area contributed by atoms with E-state index in [-0.39, 0.29) is 33.5 Å². The van der Waals surface area contributed by atoms with Crippen molar-refractivity contribution in [2.45, 2.75) is 12.7 Å². The summed E-state index contributed by atoms with van der Waals surface area (Å²) in [5, 5.41) is 10.1. The highest BCUT2D eigenvalue weighted by Crippen LogP contribution is 2.36. The summed E-state index contributed by atoms with van der Waals surface area (Å²) in [5.41, 5.74) is -0.265. The van der Waals surface area contributed by atoms with E-state index in [2.05, 4.69) is 15.7 Å². The number of anilines is 2. The normalized spacial score (nSPS) is 11.3. The summed E-state index contributed by atoms with van der Waals surface area (Å²) in [6.45, 7) is -0.303.